The molecule has 2 aromatic rings. The quantitative estimate of drug-likeness (QED) is 0.701. The molecule has 27 heavy (non-hydrogen) atoms. The monoisotopic (exact) mass is 431 g/mol. The van der Waals surface area contributed by atoms with Crippen molar-refractivity contribution in [1.29, 1.82) is 0 Å². The Hall–Kier alpha value is -2.18. The molecule has 0 aromatic heterocycles. The Bertz CT molecular complexity index is 851. The number of nitrogens with zero attached hydrogens (tertiary/aromatic N) is 1. The zero-order chi connectivity index (χ0) is 18.8. The van der Waals surface area contributed by atoms with Gasteiger partial charge in [-0.3, -0.25) is 4.90 Å². The number of morpholine rings is 1. The van der Waals surface area contributed by atoms with Crippen molar-refractivity contribution >= 4 is 27.6 Å². The minimum Gasteiger partial charge on any atom is -0.445 e. The van der Waals surface area contributed by atoms with Gasteiger partial charge in [0.05, 0.1) is 25.3 Å². The van der Waals surface area contributed by atoms with Gasteiger partial charge in [-0.25, -0.2) is 9.18 Å². The molecule has 1 fully saturated rings. The molecule has 6 heteroatoms. The minimum atomic E-state index is -0.340. The van der Waals surface area contributed by atoms with Crippen LogP contribution in [0.2, 0.25) is 0 Å². The standard InChI is InChI=1S/C21H19BrFNO3/c22-17-6-15(7-18(23)10-17)16-8-19-12-26-13-20(9-16)24(19)21(25)27-11-14-4-2-1-3-5-14/h1-8,10,19-20H,9,11-13H2. The van der Waals surface area contributed by atoms with Crippen molar-refractivity contribution in [1.82, 2.24) is 4.90 Å². The van der Waals surface area contributed by atoms with Crippen LogP contribution in [0.5, 0.6) is 0 Å². The first-order chi connectivity index (χ1) is 13.1. The third kappa shape index (κ3) is 4.06. The zero-order valence-corrected chi connectivity index (χ0v) is 16.2. The molecule has 2 aliphatic rings. The van der Waals surface area contributed by atoms with Crippen LogP contribution in [0.25, 0.3) is 5.57 Å². The van der Waals surface area contributed by atoms with Gasteiger partial charge in [0.2, 0.25) is 0 Å². The van der Waals surface area contributed by atoms with Crippen LogP contribution >= 0.6 is 15.9 Å². The van der Waals surface area contributed by atoms with E-state index in [1.54, 1.807) is 4.90 Å². The van der Waals surface area contributed by atoms with Crippen LogP contribution in [0.4, 0.5) is 9.18 Å². The van der Waals surface area contributed by atoms with E-state index in [0.717, 1.165) is 16.7 Å². The third-order valence-corrected chi connectivity index (χ3v) is 5.31. The highest BCUT2D eigenvalue weighted by Gasteiger charge is 2.39. The van der Waals surface area contributed by atoms with Crippen LogP contribution in [0.3, 0.4) is 0 Å². The average Bonchev–Trinajstić information content (AvgIpc) is 2.65. The van der Waals surface area contributed by atoms with E-state index in [1.807, 2.05) is 42.5 Å². The van der Waals surface area contributed by atoms with Crippen molar-refractivity contribution in [3.63, 3.8) is 0 Å². The molecule has 2 atom stereocenters. The lowest BCUT2D eigenvalue weighted by Gasteiger charge is -2.43. The molecule has 2 heterocycles. The van der Waals surface area contributed by atoms with Gasteiger partial charge in [-0.15, -0.1) is 0 Å². The summed E-state index contributed by atoms with van der Waals surface area (Å²) in [5, 5.41) is 0. The Kier molecular flexibility index (Phi) is 5.27. The SMILES string of the molecule is O=C(OCc1ccccc1)N1C2C=C(c3cc(F)cc(Br)c3)CC1COC2. The lowest BCUT2D eigenvalue weighted by Crippen LogP contribution is -2.56. The van der Waals surface area contributed by atoms with Gasteiger partial charge in [-0.2, -0.15) is 0 Å². The summed E-state index contributed by atoms with van der Waals surface area (Å²) >= 11 is 3.34. The first-order valence-corrected chi connectivity index (χ1v) is 9.63. The molecule has 0 saturated carbocycles. The first-order valence-electron chi connectivity index (χ1n) is 8.84. The normalized spacial score (nSPS) is 21.6. The molecule has 2 aromatic carbocycles. The molecule has 1 amide bonds. The number of hydrogen-bond acceptors (Lipinski definition) is 3. The number of rotatable bonds is 3. The van der Waals surface area contributed by atoms with Crippen LogP contribution < -0.4 is 0 Å². The Labute approximate surface area is 165 Å². The van der Waals surface area contributed by atoms with Gasteiger partial charge in [0.25, 0.3) is 0 Å². The van der Waals surface area contributed by atoms with Crippen LogP contribution in [0.1, 0.15) is 17.5 Å². The molecule has 2 unspecified atom stereocenters. The van der Waals surface area contributed by atoms with Crippen molar-refractivity contribution in [2.24, 2.45) is 0 Å². The highest BCUT2D eigenvalue weighted by molar-refractivity contribution is 9.10. The molecule has 2 aliphatic heterocycles. The number of carbonyl (C=O) groups excluding carboxylic acids is 1. The molecular formula is C21H19BrFNO3. The van der Waals surface area contributed by atoms with Gasteiger partial charge < -0.3 is 9.47 Å². The third-order valence-electron chi connectivity index (χ3n) is 4.85. The Morgan fingerprint density at radius 1 is 1.22 bits per heavy atom. The molecule has 4 rings (SSSR count). The number of benzene rings is 2. The second-order valence-corrected chi connectivity index (χ2v) is 7.68. The molecule has 140 valence electrons. The number of carbonyl (C=O) groups is 1. The fourth-order valence-electron chi connectivity index (χ4n) is 3.63. The van der Waals surface area contributed by atoms with Gasteiger partial charge in [0, 0.05) is 4.47 Å². The van der Waals surface area contributed by atoms with E-state index in [1.165, 1.54) is 12.1 Å². The number of hydrogen-bond donors (Lipinski definition) is 0. The van der Waals surface area contributed by atoms with Crippen molar-refractivity contribution in [3.05, 3.63) is 76.0 Å². The van der Waals surface area contributed by atoms with Gasteiger partial charge in [-0.1, -0.05) is 52.3 Å². The molecule has 4 nitrogen and oxygen atoms in total. The van der Waals surface area contributed by atoms with E-state index >= 15 is 0 Å². The van der Waals surface area contributed by atoms with Crippen LogP contribution in [0.15, 0.2) is 59.1 Å². The van der Waals surface area contributed by atoms with E-state index in [4.69, 9.17) is 9.47 Å². The predicted octanol–water partition coefficient (Wildman–Crippen LogP) is 4.78. The summed E-state index contributed by atoms with van der Waals surface area (Å²) in [4.78, 5) is 14.4. The second kappa shape index (κ2) is 7.82. The maximum atomic E-state index is 13.8. The molecule has 0 radical (unpaired) electrons. The lowest BCUT2D eigenvalue weighted by molar-refractivity contribution is -0.0342. The van der Waals surface area contributed by atoms with Crippen LogP contribution in [0, 0.1) is 5.82 Å². The van der Waals surface area contributed by atoms with Crippen LogP contribution in [-0.4, -0.2) is 36.3 Å². The minimum absolute atomic E-state index is 0.117. The summed E-state index contributed by atoms with van der Waals surface area (Å²) < 4.78 is 25.6. The smallest absolute Gasteiger partial charge is 0.411 e. The molecule has 1 saturated heterocycles. The fraction of sp³-hybridized carbons (Fsp3) is 0.286. The summed E-state index contributed by atoms with van der Waals surface area (Å²) in [5.41, 5.74) is 2.81. The van der Waals surface area contributed by atoms with Gasteiger partial charge in [-0.05, 0) is 41.3 Å². The Morgan fingerprint density at radius 2 is 2.04 bits per heavy atom. The summed E-state index contributed by atoms with van der Waals surface area (Å²) in [6.45, 7) is 1.10. The van der Waals surface area contributed by atoms with Crippen molar-refractivity contribution in [2.45, 2.75) is 25.1 Å². The van der Waals surface area contributed by atoms with Crippen molar-refractivity contribution in [3.8, 4) is 0 Å². The van der Waals surface area contributed by atoms with E-state index in [9.17, 15) is 9.18 Å². The van der Waals surface area contributed by atoms with Crippen molar-refractivity contribution < 1.29 is 18.7 Å². The van der Waals surface area contributed by atoms with Crippen LogP contribution in [-0.2, 0) is 16.1 Å². The van der Waals surface area contributed by atoms with Crippen molar-refractivity contribution in [2.75, 3.05) is 13.2 Å². The van der Waals surface area contributed by atoms with E-state index in [0.29, 0.717) is 24.1 Å². The maximum absolute atomic E-state index is 13.8. The highest BCUT2D eigenvalue weighted by atomic mass is 79.9. The summed E-state index contributed by atoms with van der Waals surface area (Å²) in [6, 6.07) is 14.1. The van der Waals surface area contributed by atoms with E-state index < -0.39 is 0 Å². The zero-order valence-electron chi connectivity index (χ0n) is 14.6. The van der Waals surface area contributed by atoms with Gasteiger partial charge in [0.15, 0.2) is 0 Å². The molecule has 0 N–H and O–H groups in total. The number of ether oxygens (including phenoxy) is 2. The maximum Gasteiger partial charge on any atom is 0.411 e. The molecular weight excluding hydrogens is 413 g/mol. The summed E-state index contributed by atoms with van der Waals surface area (Å²) in [6.07, 6.45) is 2.25. The van der Waals surface area contributed by atoms with E-state index in [2.05, 4.69) is 15.9 Å². The average molecular weight is 432 g/mol. The Morgan fingerprint density at radius 3 is 2.78 bits per heavy atom. The summed E-state index contributed by atoms with van der Waals surface area (Å²) in [5.74, 6) is -0.286. The summed E-state index contributed by atoms with van der Waals surface area (Å²) in [7, 11) is 0. The fourth-order valence-corrected chi connectivity index (χ4v) is 4.09. The number of halogens is 2. The molecule has 0 aliphatic carbocycles. The van der Waals surface area contributed by atoms with Gasteiger partial charge in [0.1, 0.15) is 12.4 Å². The van der Waals surface area contributed by atoms with E-state index in [-0.39, 0.29) is 30.6 Å². The topological polar surface area (TPSA) is 38.8 Å². The lowest BCUT2D eigenvalue weighted by atomic mass is 9.90. The second-order valence-electron chi connectivity index (χ2n) is 6.76. The Balaban J connectivity index is 1.52. The molecule has 0 spiro atoms. The predicted molar refractivity (Wildman–Crippen MR) is 104 cm³/mol. The first kappa shape index (κ1) is 18.2. The number of fused-ring (bicyclic) bond motifs is 2. The number of amides is 1. The van der Waals surface area contributed by atoms with Gasteiger partial charge >= 0.3 is 6.09 Å². The highest BCUT2D eigenvalue weighted by Crippen LogP contribution is 2.34. The molecule has 2 bridgehead atoms. The largest absolute Gasteiger partial charge is 0.445 e.